The summed E-state index contributed by atoms with van der Waals surface area (Å²) in [5.74, 6) is -0.183. The number of amides is 1. The first-order valence-corrected chi connectivity index (χ1v) is 14.7. The van der Waals surface area contributed by atoms with E-state index < -0.39 is 37.9 Å². The second-order valence-corrected chi connectivity index (χ2v) is 12.9. The predicted octanol–water partition coefficient (Wildman–Crippen LogP) is 3.54. The van der Waals surface area contributed by atoms with Crippen LogP contribution in [0.2, 0.25) is 0 Å². The Balaban J connectivity index is 1.60. The summed E-state index contributed by atoms with van der Waals surface area (Å²) in [6.07, 6.45) is 0.0433. The van der Waals surface area contributed by atoms with Gasteiger partial charge in [-0.25, -0.2) is 16.8 Å². The van der Waals surface area contributed by atoms with Gasteiger partial charge in [0.25, 0.3) is 15.9 Å². The van der Waals surface area contributed by atoms with Crippen LogP contribution in [0.4, 0.5) is 5.69 Å². The van der Waals surface area contributed by atoms with Crippen LogP contribution in [-0.2, 0) is 24.7 Å². The molecule has 3 aromatic carbocycles. The molecule has 1 amide bonds. The minimum absolute atomic E-state index is 0.126. The average molecular weight is 529 g/mol. The van der Waals surface area contributed by atoms with Gasteiger partial charge in [-0.3, -0.25) is 9.10 Å². The van der Waals surface area contributed by atoms with E-state index in [1.54, 1.807) is 61.5 Å². The van der Waals surface area contributed by atoms with Crippen molar-refractivity contribution in [1.29, 1.82) is 0 Å². The number of hydrogen-bond acceptors (Lipinski definition) is 6. The van der Waals surface area contributed by atoms with Gasteiger partial charge in [0.1, 0.15) is 5.75 Å². The fourth-order valence-electron chi connectivity index (χ4n) is 3.96. The van der Waals surface area contributed by atoms with Gasteiger partial charge in [0.05, 0.1) is 28.1 Å². The number of hydrogen-bond donors (Lipinski definition) is 1. The van der Waals surface area contributed by atoms with Crippen LogP contribution < -0.4 is 14.4 Å². The van der Waals surface area contributed by atoms with Crippen LogP contribution in [0, 0.1) is 13.8 Å². The van der Waals surface area contributed by atoms with Crippen molar-refractivity contribution in [3.63, 3.8) is 0 Å². The number of carbonyl (C=O) groups is 1. The van der Waals surface area contributed by atoms with Gasteiger partial charge < -0.3 is 10.1 Å². The van der Waals surface area contributed by atoms with Gasteiger partial charge in [0, 0.05) is 6.26 Å². The van der Waals surface area contributed by atoms with Crippen LogP contribution >= 0.6 is 0 Å². The highest BCUT2D eigenvalue weighted by atomic mass is 32.2. The molecule has 0 fully saturated rings. The molecule has 10 heteroatoms. The molecule has 8 nitrogen and oxygen atoms in total. The van der Waals surface area contributed by atoms with Crippen molar-refractivity contribution >= 4 is 31.5 Å². The van der Waals surface area contributed by atoms with E-state index in [-0.39, 0.29) is 16.3 Å². The normalized spacial score (nSPS) is 16.6. The summed E-state index contributed by atoms with van der Waals surface area (Å²) in [5.41, 5.74) is 2.87. The molecule has 1 heterocycles. The lowest BCUT2D eigenvalue weighted by Crippen LogP contribution is -2.51. The molecule has 0 spiro atoms. The third-order valence-electron chi connectivity index (χ3n) is 6.05. The Bertz CT molecular complexity index is 1500. The molecule has 4 rings (SSSR count). The van der Waals surface area contributed by atoms with Crippen molar-refractivity contribution in [2.45, 2.75) is 42.7 Å². The molecule has 0 bridgehead atoms. The fraction of sp³-hybridized carbons (Fsp3) is 0.269. The van der Waals surface area contributed by atoms with Crippen LogP contribution in [-0.4, -0.2) is 41.6 Å². The zero-order valence-corrected chi connectivity index (χ0v) is 22.1. The SMILES string of the molecule is Cc1ccc(S(=O)(=O)N2C[C@H](C(=O)N[C@H](C)c3ccc(S(C)(=O)=O)cc3)Oc3ccc(C)cc32)cc1. The molecule has 2 atom stereocenters. The molecule has 0 aromatic heterocycles. The second kappa shape index (κ2) is 9.59. The highest BCUT2D eigenvalue weighted by molar-refractivity contribution is 7.92. The van der Waals surface area contributed by atoms with Crippen molar-refractivity contribution in [2.24, 2.45) is 0 Å². The van der Waals surface area contributed by atoms with E-state index in [0.29, 0.717) is 17.0 Å². The zero-order chi connectivity index (χ0) is 26.3. The minimum atomic E-state index is -3.96. The van der Waals surface area contributed by atoms with Gasteiger partial charge in [-0.15, -0.1) is 0 Å². The molecule has 0 saturated heterocycles. The second-order valence-electron chi connectivity index (χ2n) is 9.00. The summed E-state index contributed by atoms with van der Waals surface area (Å²) in [7, 11) is -7.29. The molecule has 3 aromatic rings. The molecule has 0 radical (unpaired) electrons. The highest BCUT2D eigenvalue weighted by Crippen LogP contribution is 2.38. The largest absolute Gasteiger partial charge is 0.476 e. The van der Waals surface area contributed by atoms with Crippen LogP contribution in [0.15, 0.2) is 76.5 Å². The van der Waals surface area contributed by atoms with E-state index in [1.807, 2.05) is 13.8 Å². The predicted molar refractivity (Wildman–Crippen MR) is 137 cm³/mol. The maximum Gasteiger partial charge on any atom is 0.264 e. The number of anilines is 1. The summed E-state index contributed by atoms with van der Waals surface area (Å²) < 4.78 is 57.7. The Morgan fingerprint density at radius 2 is 1.50 bits per heavy atom. The molecule has 0 aliphatic carbocycles. The molecular weight excluding hydrogens is 500 g/mol. The number of rotatable bonds is 6. The van der Waals surface area contributed by atoms with Crippen LogP contribution in [0.5, 0.6) is 5.75 Å². The van der Waals surface area contributed by atoms with Gasteiger partial charge in [-0.2, -0.15) is 0 Å². The fourth-order valence-corrected chi connectivity index (χ4v) is 6.05. The van der Waals surface area contributed by atoms with E-state index in [0.717, 1.165) is 17.4 Å². The van der Waals surface area contributed by atoms with Crippen molar-refractivity contribution in [1.82, 2.24) is 5.32 Å². The topological polar surface area (TPSA) is 110 Å². The van der Waals surface area contributed by atoms with Crippen molar-refractivity contribution in [3.05, 3.63) is 83.4 Å². The minimum Gasteiger partial charge on any atom is -0.476 e. The van der Waals surface area contributed by atoms with E-state index >= 15 is 0 Å². The van der Waals surface area contributed by atoms with E-state index in [9.17, 15) is 21.6 Å². The van der Waals surface area contributed by atoms with Gasteiger partial charge in [0.15, 0.2) is 15.9 Å². The Kier molecular flexibility index (Phi) is 6.85. The first kappa shape index (κ1) is 25.7. The summed E-state index contributed by atoms with van der Waals surface area (Å²) in [5, 5.41) is 2.85. The van der Waals surface area contributed by atoms with Crippen molar-refractivity contribution in [2.75, 3.05) is 17.1 Å². The quantitative estimate of drug-likeness (QED) is 0.524. The lowest BCUT2D eigenvalue weighted by atomic mass is 10.1. The average Bonchev–Trinajstić information content (AvgIpc) is 2.83. The number of sulfone groups is 1. The van der Waals surface area contributed by atoms with Gasteiger partial charge in [-0.1, -0.05) is 35.9 Å². The first-order valence-electron chi connectivity index (χ1n) is 11.3. The van der Waals surface area contributed by atoms with Crippen molar-refractivity contribution < 1.29 is 26.4 Å². The third-order valence-corrected chi connectivity index (χ3v) is 8.97. The number of sulfonamides is 1. The van der Waals surface area contributed by atoms with Crippen LogP contribution in [0.25, 0.3) is 0 Å². The number of carbonyl (C=O) groups excluding carboxylic acids is 1. The van der Waals surface area contributed by atoms with Gasteiger partial charge in [-0.05, 0) is 68.3 Å². The summed E-state index contributed by atoms with van der Waals surface area (Å²) >= 11 is 0. The van der Waals surface area contributed by atoms with Gasteiger partial charge in [0.2, 0.25) is 0 Å². The maximum absolute atomic E-state index is 13.6. The Morgan fingerprint density at radius 1 is 0.917 bits per heavy atom. The molecule has 0 unspecified atom stereocenters. The highest BCUT2D eigenvalue weighted by Gasteiger charge is 2.38. The lowest BCUT2D eigenvalue weighted by Gasteiger charge is -2.35. The zero-order valence-electron chi connectivity index (χ0n) is 20.4. The molecule has 1 N–H and O–H groups in total. The number of nitrogens with zero attached hydrogens (tertiary/aromatic N) is 1. The molecule has 0 saturated carbocycles. The van der Waals surface area contributed by atoms with E-state index in [2.05, 4.69) is 5.32 Å². The van der Waals surface area contributed by atoms with Crippen molar-refractivity contribution in [3.8, 4) is 5.75 Å². The van der Waals surface area contributed by atoms with Gasteiger partial charge >= 0.3 is 0 Å². The molecular formula is C26H28N2O6S2. The number of ether oxygens (including phenoxy) is 1. The van der Waals surface area contributed by atoms with E-state index in [4.69, 9.17) is 4.74 Å². The van der Waals surface area contributed by atoms with Crippen LogP contribution in [0.3, 0.4) is 0 Å². The Hall–Kier alpha value is -3.37. The number of nitrogens with one attached hydrogen (secondary N) is 1. The third kappa shape index (κ3) is 5.24. The van der Waals surface area contributed by atoms with Crippen LogP contribution in [0.1, 0.15) is 29.7 Å². The Morgan fingerprint density at radius 3 is 2.11 bits per heavy atom. The lowest BCUT2D eigenvalue weighted by molar-refractivity contribution is -0.128. The monoisotopic (exact) mass is 528 g/mol. The number of aryl methyl sites for hydroxylation is 2. The number of fused-ring (bicyclic) bond motifs is 1. The standard InChI is InChI=1S/C26H28N2O6S2/c1-17-5-10-22(11-6-17)36(32,33)28-16-25(34-24-14-7-18(2)15-23(24)28)26(29)27-19(3)20-8-12-21(13-9-20)35(4,30)31/h5-15,19,25H,16H2,1-4H3,(H,27,29)/t19-,25-/m1/s1. The molecule has 190 valence electrons. The smallest absolute Gasteiger partial charge is 0.264 e. The Labute approximate surface area is 211 Å². The summed E-state index contributed by atoms with van der Waals surface area (Å²) in [6.45, 7) is 5.29. The molecule has 36 heavy (non-hydrogen) atoms. The summed E-state index contributed by atoms with van der Waals surface area (Å²) in [4.78, 5) is 13.5. The van der Waals surface area contributed by atoms with E-state index in [1.165, 1.54) is 16.4 Å². The first-order chi connectivity index (χ1) is 16.9. The maximum atomic E-state index is 13.6. The number of benzene rings is 3. The molecule has 1 aliphatic rings. The summed E-state index contributed by atoms with van der Waals surface area (Å²) in [6, 6.07) is 17.5. The molecule has 1 aliphatic heterocycles.